The number of alkyl halides is 6. The fourth-order valence-corrected chi connectivity index (χ4v) is 7.75. The molecule has 1 aromatic rings. The number of nitrogens with zero attached hydrogens (tertiary/aromatic N) is 2. The van der Waals surface area contributed by atoms with Gasteiger partial charge in [0.1, 0.15) is 11.5 Å². The number of phenolic OH excluding ortho intramolecular Hbond substituents is 1. The van der Waals surface area contributed by atoms with E-state index in [1.54, 1.807) is 0 Å². The Hall–Kier alpha value is -2.84. The van der Waals surface area contributed by atoms with Gasteiger partial charge in [0.05, 0.1) is 24.4 Å². The summed E-state index contributed by atoms with van der Waals surface area (Å²) in [5.41, 5.74) is -0.458. The van der Waals surface area contributed by atoms with Gasteiger partial charge in [-0.25, -0.2) is 4.79 Å². The van der Waals surface area contributed by atoms with Crippen LogP contribution in [0.3, 0.4) is 0 Å². The average Bonchev–Trinajstić information content (AvgIpc) is 3.22. The highest BCUT2D eigenvalue weighted by atomic mass is 79.9. The number of imide groups is 4. The smallest absolute Gasteiger partial charge is 0.508 e. The minimum Gasteiger partial charge on any atom is -0.508 e. The fraction of sp³-hybridized carbons (Fsp3) is 0.458. The zero-order valence-corrected chi connectivity index (χ0v) is 23.3. The van der Waals surface area contributed by atoms with Crippen LogP contribution in [0.15, 0.2) is 29.8 Å². The van der Waals surface area contributed by atoms with Gasteiger partial charge in [-0.3, -0.25) is 24.1 Å². The highest BCUT2D eigenvalue weighted by Crippen LogP contribution is 2.66. The zero-order chi connectivity index (χ0) is 29.5. The number of allylic oxidation sites excluding steroid dienone is 2. The Kier molecular flexibility index (Phi) is 6.70. The standard InChI is InChI=1S/C24H18BrCl2F3N2O8/c1-39-21(38)32-17(34)11-4-3-10-13(15(11)18(32)35)7-22(26)19(36)31(8-25)20(37)23(22,27)16(10)12-6-9(2-5-14(12)33)40-24(28,29)30/h2-3,5-6,11,13,15-16,33H,4,7-8H2,1H3. The SMILES string of the molecule is COC(=O)N1C(=O)C2CC=C3C(CC4(Cl)C(=O)N(CBr)C(=O)C4(Cl)C3c3cc(OC(F)(F)F)ccc3O)C2C1=O. The van der Waals surface area contributed by atoms with Crippen LogP contribution in [-0.2, 0) is 23.9 Å². The number of carbonyl (C=O) groups excluding carboxylic acids is 5. The maximum absolute atomic E-state index is 13.7. The summed E-state index contributed by atoms with van der Waals surface area (Å²) >= 11 is 17.0. The van der Waals surface area contributed by atoms with E-state index in [9.17, 15) is 42.3 Å². The summed E-state index contributed by atoms with van der Waals surface area (Å²) in [5.74, 6) is -9.92. The lowest BCUT2D eigenvalue weighted by molar-refractivity contribution is -0.274. The first-order valence-electron chi connectivity index (χ1n) is 11.7. The first kappa shape index (κ1) is 28.7. The molecule has 2 aliphatic heterocycles. The van der Waals surface area contributed by atoms with Crippen LogP contribution < -0.4 is 4.74 Å². The molecule has 16 heteroatoms. The van der Waals surface area contributed by atoms with Gasteiger partial charge in [0, 0.05) is 11.5 Å². The Morgan fingerprint density at radius 1 is 1.15 bits per heavy atom. The molecule has 214 valence electrons. The van der Waals surface area contributed by atoms with Gasteiger partial charge in [0.15, 0.2) is 9.75 Å². The van der Waals surface area contributed by atoms with Crippen molar-refractivity contribution >= 4 is 68.9 Å². The number of methoxy groups -OCH3 is 1. The molecule has 10 nitrogen and oxygen atoms in total. The molecule has 1 N–H and O–H groups in total. The number of fused-ring (bicyclic) bond motifs is 4. The molecule has 6 atom stereocenters. The molecule has 40 heavy (non-hydrogen) atoms. The summed E-state index contributed by atoms with van der Waals surface area (Å²) in [4.78, 5) is 62.3. The molecular weight excluding hydrogens is 652 g/mol. The van der Waals surface area contributed by atoms with Gasteiger partial charge in [-0.1, -0.05) is 27.6 Å². The predicted octanol–water partition coefficient (Wildman–Crippen LogP) is 3.77. The second-order valence-electron chi connectivity index (χ2n) is 9.74. The molecule has 5 amide bonds. The lowest BCUT2D eigenvalue weighted by atomic mass is 9.56. The van der Waals surface area contributed by atoms with E-state index in [4.69, 9.17) is 23.2 Å². The summed E-state index contributed by atoms with van der Waals surface area (Å²) in [6.07, 6.45) is -5.37. The molecule has 1 saturated carbocycles. The van der Waals surface area contributed by atoms with Crippen molar-refractivity contribution in [3.05, 3.63) is 35.4 Å². The van der Waals surface area contributed by atoms with Crippen molar-refractivity contribution in [3.8, 4) is 11.5 Å². The molecule has 5 rings (SSSR count). The van der Waals surface area contributed by atoms with Gasteiger partial charge in [-0.15, -0.1) is 36.4 Å². The van der Waals surface area contributed by atoms with E-state index in [1.165, 1.54) is 6.08 Å². The second kappa shape index (κ2) is 9.35. The quantitative estimate of drug-likeness (QED) is 0.223. The Morgan fingerprint density at radius 2 is 1.82 bits per heavy atom. The van der Waals surface area contributed by atoms with Crippen LogP contribution in [0.2, 0.25) is 0 Å². The maximum atomic E-state index is 13.7. The van der Waals surface area contributed by atoms with Crippen molar-refractivity contribution in [1.29, 1.82) is 0 Å². The van der Waals surface area contributed by atoms with Crippen LogP contribution in [0.5, 0.6) is 11.5 Å². The van der Waals surface area contributed by atoms with Gasteiger partial charge in [-0.2, -0.15) is 4.90 Å². The van der Waals surface area contributed by atoms with Crippen LogP contribution in [-0.4, -0.2) is 73.3 Å². The Bertz CT molecular complexity index is 1410. The van der Waals surface area contributed by atoms with Gasteiger partial charge in [0.25, 0.3) is 11.8 Å². The Balaban J connectivity index is 1.73. The van der Waals surface area contributed by atoms with Crippen LogP contribution in [0, 0.1) is 17.8 Å². The zero-order valence-electron chi connectivity index (χ0n) is 20.2. The number of hydrogen-bond donors (Lipinski definition) is 1. The minimum absolute atomic E-state index is 0.114. The highest BCUT2D eigenvalue weighted by Gasteiger charge is 2.76. The van der Waals surface area contributed by atoms with Crippen molar-refractivity contribution in [2.75, 3.05) is 12.6 Å². The Morgan fingerprint density at radius 3 is 2.42 bits per heavy atom. The number of rotatable bonds is 3. The van der Waals surface area contributed by atoms with Crippen molar-refractivity contribution in [3.63, 3.8) is 0 Å². The summed E-state index contributed by atoms with van der Waals surface area (Å²) in [7, 11) is 0.983. The number of ether oxygens (including phenoxy) is 2. The number of hydrogen-bond acceptors (Lipinski definition) is 8. The van der Waals surface area contributed by atoms with E-state index in [0.717, 1.165) is 30.2 Å². The molecule has 0 bridgehead atoms. The highest BCUT2D eigenvalue weighted by molar-refractivity contribution is 9.09. The summed E-state index contributed by atoms with van der Waals surface area (Å²) < 4.78 is 47.7. The molecular formula is C24H18BrCl2F3N2O8. The molecule has 0 aromatic heterocycles. The lowest BCUT2D eigenvalue weighted by Crippen LogP contribution is -2.60. The number of carbonyl (C=O) groups is 5. The van der Waals surface area contributed by atoms with Crippen molar-refractivity contribution in [1.82, 2.24) is 9.80 Å². The van der Waals surface area contributed by atoms with Crippen LogP contribution in [0.25, 0.3) is 0 Å². The third-order valence-corrected chi connectivity index (χ3v) is 9.83. The summed E-state index contributed by atoms with van der Waals surface area (Å²) in [6.45, 7) is 0. The van der Waals surface area contributed by atoms with Gasteiger partial charge < -0.3 is 14.6 Å². The topological polar surface area (TPSA) is 131 Å². The number of amides is 5. The van der Waals surface area contributed by atoms with Crippen LogP contribution >= 0.6 is 39.1 Å². The molecule has 1 aromatic carbocycles. The third-order valence-electron chi connectivity index (χ3n) is 7.92. The van der Waals surface area contributed by atoms with Crippen molar-refractivity contribution < 1.29 is 51.7 Å². The number of benzene rings is 1. The number of halogens is 6. The first-order valence-corrected chi connectivity index (χ1v) is 13.5. The van der Waals surface area contributed by atoms with E-state index in [0.29, 0.717) is 4.90 Å². The van der Waals surface area contributed by atoms with Gasteiger partial charge in [0.2, 0.25) is 11.8 Å². The van der Waals surface area contributed by atoms with E-state index in [2.05, 4.69) is 25.4 Å². The maximum Gasteiger partial charge on any atom is 0.573 e. The molecule has 2 saturated heterocycles. The van der Waals surface area contributed by atoms with E-state index in [-0.39, 0.29) is 23.0 Å². The summed E-state index contributed by atoms with van der Waals surface area (Å²) in [6, 6.07) is 2.56. The predicted molar refractivity (Wildman–Crippen MR) is 132 cm³/mol. The molecule has 3 fully saturated rings. The molecule has 0 spiro atoms. The van der Waals surface area contributed by atoms with Gasteiger partial charge >= 0.3 is 12.5 Å². The van der Waals surface area contributed by atoms with Crippen LogP contribution in [0.1, 0.15) is 24.3 Å². The number of likely N-dealkylation sites (tertiary alicyclic amines) is 2. The normalized spacial score (nSPS) is 33.4. The molecule has 6 unspecified atom stereocenters. The lowest BCUT2D eigenvalue weighted by Gasteiger charge is -2.50. The monoisotopic (exact) mass is 668 g/mol. The van der Waals surface area contributed by atoms with E-state index >= 15 is 0 Å². The van der Waals surface area contributed by atoms with Crippen molar-refractivity contribution in [2.24, 2.45) is 17.8 Å². The van der Waals surface area contributed by atoms with Crippen molar-refractivity contribution in [2.45, 2.75) is 34.9 Å². The van der Waals surface area contributed by atoms with Gasteiger partial charge in [-0.05, 0) is 37.0 Å². The number of aromatic hydroxyl groups is 1. The fourth-order valence-electron chi connectivity index (χ4n) is 6.33. The largest absolute Gasteiger partial charge is 0.573 e. The van der Waals surface area contributed by atoms with Crippen LogP contribution in [0.4, 0.5) is 18.0 Å². The first-order chi connectivity index (χ1) is 18.6. The third kappa shape index (κ3) is 3.78. The average molecular weight is 670 g/mol. The Labute approximate surface area is 242 Å². The second-order valence-corrected chi connectivity index (χ2v) is 11.5. The number of phenols is 1. The van der Waals surface area contributed by atoms with E-state index in [1.807, 2.05) is 0 Å². The summed E-state index contributed by atoms with van der Waals surface area (Å²) in [5, 5.41) is 10.8. The molecule has 2 heterocycles. The molecule has 0 radical (unpaired) electrons. The molecule has 2 aliphatic carbocycles. The minimum atomic E-state index is -5.10. The molecule has 4 aliphatic rings. The van der Waals surface area contributed by atoms with E-state index < -0.39 is 87.4 Å².